The maximum absolute atomic E-state index is 11.7. The summed E-state index contributed by atoms with van der Waals surface area (Å²) in [5.74, 6) is 0.926. The van der Waals surface area contributed by atoms with Gasteiger partial charge >= 0.3 is 6.09 Å². The van der Waals surface area contributed by atoms with E-state index in [-0.39, 0.29) is 30.1 Å². The Morgan fingerprint density at radius 3 is 2.28 bits per heavy atom. The van der Waals surface area contributed by atoms with Crippen molar-refractivity contribution in [1.29, 1.82) is 0 Å². The van der Waals surface area contributed by atoms with E-state index in [1.54, 1.807) is 4.90 Å². The second-order valence-corrected chi connectivity index (χ2v) is 5.73. The maximum atomic E-state index is 11.7. The number of ether oxygens (including phenoxy) is 2. The molecule has 0 bridgehead atoms. The normalized spacial score (nSPS) is 14.9. The van der Waals surface area contributed by atoms with Gasteiger partial charge in [0, 0.05) is 52.5 Å². The lowest BCUT2D eigenvalue weighted by Crippen LogP contribution is -2.53. The number of carbonyl (C=O) groups excluding carboxylic acids is 1. The van der Waals surface area contributed by atoms with Crippen LogP contribution in [0, 0.1) is 0 Å². The van der Waals surface area contributed by atoms with E-state index >= 15 is 0 Å². The van der Waals surface area contributed by atoms with Gasteiger partial charge in [0.1, 0.15) is 0 Å². The number of hydrogen-bond donors (Lipinski definition) is 1. The number of unbranched alkanes of at least 4 members (excludes halogenated alkanes) is 1. The van der Waals surface area contributed by atoms with E-state index in [0.29, 0.717) is 19.7 Å². The van der Waals surface area contributed by atoms with Crippen LogP contribution in [-0.4, -0.2) is 80.9 Å². The number of piperazine rings is 1. The topological polar surface area (TPSA) is 66.4 Å². The van der Waals surface area contributed by atoms with Crippen LogP contribution in [0.25, 0.3) is 0 Å². The standard InChI is InChI=1S/C17H34N4O3.HI/c1-4-7-14-23-15-8-9-19-16(18-5-2)20-10-12-21(13-11-20)17(22)24-6-3;/h4-15H2,1-3H3,(H,18,19);1H. The molecule has 1 heterocycles. The maximum Gasteiger partial charge on any atom is 0.409 e. The minimum atomic E-state index is -0.219. The minimum absolute atomic E-state index is 0. The van der Waals surface area contributed by atoms with Gasteiger partial charge in [-0.05, 0) is 26.7 Å². The summed E-state index contributed by atoms with van der Waals surface area (Å²) >= 11 is 0. The number of guanidine groups is 1. The average molecular weight is 470 g/mol. The molecule has 7 nitrogen and oxygen atoms in total. The summed E-state index contributed by atoms with van der Waals surface area (Å²) in [6, 6.07) is 0. The Hall–Kier alpha value is -0.770. The number of halogens is 1. The Morgan fingerprint density at radius 2 is 1.68 bits per heavy atom. The lowest BCUT2D eigenvalue weighted by Gasteiger charge is -2.35. The first-order chi connectivity index (χ1) is 11.7. The highest BCUT2D eigenvalue weighted by Crippen LogP contribution is 2.04. The molecule has 1 saturated heterocycles. The fourth-order valence-corrected chi connectivity index (χ4v) is 2.44. The molecule has 1 amide bonds. The first-order valence-corrected chi connectivity index (χ1v) is 9.25. The molecule has 25 heavy (non-hydrogen) atoms. The van der Waals surface area contributed by atoms with Gasteiger partial charge < -0.3 is 24.6 Å². The van der Waals surface area contributed by atoms with Gasteiger partial charge in [-0.2, -0.15) is 0 Å². The van der Waals surface area contributed by atoms with Gasteiger partial charge in [0.2, 0.25) is 0 Å². The molecule has 0 aliphatic carbocycles. The number of hydrogen-bond acceptors (Lipinski definition) is 4. The predicted octanol–water partition coefficient (Wildman–Crippen LogP) is 2.55. The Balaban J connectivity index is 0.00000576. The molecule has 0 saturated carbocycles. The van der Waals surface area contributed by atoms with Crippen LogP contribution in [0.3, 0.4) is 0 Å². The Labute approximate surface area is 169 Å². The molecule has 1 aliphatic rings. The van der Waals surface area contributed by atoms with Crippen molar-refractivity contribution >= 4 is 36.0 Å². The molecule has 1 aliphatic heterocycles. The highest BCUT2D eigenvalue weighted by molar-refractivity contribution is 14.0. The molecule has 0 unspecified atom stereocenters. The third-order valence-electron chi connectivity index (χ3n) is 3.79. The van der Waals surface area contributed by atoms with Crippen LogP contribution in [0.1, 0.15) is 40.0 Å². The summed E-state index contributed by atoms with van der Waals surface area (Å²) in [5.41, 5.74) is 0. The van der Waals surface area contributed by atoms with Crippen LogP contribution in [0.2, 0.25) is 0 Å². The van der Waals surface area contributed by atoms with Crippen molar-refractivity contribution in [3.63, 3.8) is 0 Å². The van der Waals surface area contributed by atoms with Gasteiger partial charge in [-0.3, -0.25) is 4.99 Å². The van der Waals surface area contributed by atoms with Crippen molar-refractivity contribution in [3.8, 4) is 0 Å². The summed E-state index contributed by atoms with van der Waals surface area (Å²) in [4.78, 5) is 20.4. The molecule has 8 heteroatoms. The van der Waals surface area contributed by atoms with Crippen molar-refractivity contribution in [2.45, 2.75) is 40.0 Å². The number of nitrogens with zero attached hydrogens (tertiary/aromatic N) is 3. The van der Waals surface area contributed by atoms with Gasteiger partial charge in [0.25, 0.3) is 0 Å². The van der Waals surface area contributed by atoms with Crippen molar-refractivity contribution in [3.05, 3.63) is 0 Å². The molecule has 1 rings (SSSR count). The van der Waals surface area contributed by atoms with Crippen LogP contribution < -0.4 is 5.32 Å². The smallest absolute Gasteiger partial charge is 0.409 e. The van der Waals surface area contributed by atoms with Crippen LogP contribution in [-0.2, 0) is 9.47 Å². The zero-order valence-electron chi connectivity index (χ0n) is 16.0. The van der Waals surface area contributed by atoms with Gasteiger partial charge in [0.05, 0.1) is 6.61 Å². The van der Waals surface area contributed by atoms with E-state index in [4.69, 9.17) is 9.47 Å². The zero-order chi connectivity index (χ0) is 17.6. The van der Waals surface area contributed by atoms with E-state index in [1.165, 1.54) is 6.42 Å². The number of carbonyl (C=O) groups is 1. The van der Waals surface area contributed by atoms with E-state index in [9.17, 15) is 4.79 Å². The van der Waals surface area contributed by atoms with Gasteiger partial charge in [0.15, 0.2) is 5.96 Å². The SMILES string of the molecule is CCCCOCCCN=C(NCC)N1CCN(C(=O)OCC)CC1.I. The van der Waals surface area contributed by atoms with Gasteiger partial charge in [-0.1, -0.05) is 13.3 Å². The van der Waals surface area contributed by atoms with Crippen LogP contribution in [0.5, 0.6) is 0 Å². The first kappa shape index (κ1) is 24.2. The van der Waals surface area contributed by atoms with E-state index in [2.05, 4.69) is 29.1 Å². The third kappa shape index (κ3) is 10.1. The zero-order valence-corrected chi connectivity index (χ0v) is 18.3. The fraction of sp³-hybridized carbons (Fsp3) is 0.882. The van der Waals surface area contributed by atoms with Crippen molar-refractivity contribution in [2.24, 2.45) is 4.99 Å². The van der Waals surface area contributed by atoms with E-state index in [0.717, 1.165) is 58.2 Å². The molecule has 1 fully saturated rings. The summed E-state index contributed by atoms with van der Waals surface area (Å²) in [6.07, 6.45) is 3.00. The highest BCUT2D eigenvalue weighted by Gasteiger charge is 2.23. The molecular weight excluding hydrogens is 435 g/mol. The molecule has 0 aromatic rings. The van der Waals surface area contributed by atoms with Crippen molar-refractivity contribution in [1.82, 2.24) is 15.1 Å². The highest BCUT2D eigenvalue weighted by atomic mass is 127. The van der Waals surface area contributed by atoms with Crippen LogP contribution >= 0.6 is 24.0 Å². The van der Waals surface area contributed by atoms with Crippen molar-refractivity contribution in [2.75, 3.05) is 59.1 Å². The lowest BCUT2D eigenvalue weighted by molar-refractivity contribution is 0.0914. The summed E-state index contributed by atoms with van der Waals surface area (Å²) in [5, 5.41) is 3.33. The van der Waals surface area contributed by atoms with Gasteiger partial charge in [-0.25, -0.2) is 4.79 Å². The summed E-state index contributed by atoms with van der Waals surface area (Å²) in [7, 11) is 0. The Morgan fingerprint density at radius 1 is 1.04 bits per heavy atom. The Kier molecular flexibility index (Phi) is 15.0. The third-order valence-corrected chi connectivity index (χ3v) is 3.79. The number of amides is 1. The van der Waals surface area contributed by atoms with Crippen molar-refractivity contribution < 1.29 is 14.3 Å². The van der Waals surface area contributed by atoms with Crippen LogP contribution in [0.4, 0.5) is 4.79 Å². The van der Waals surface area contributed by atoms with E-state index < -0.39 is 0 Å². The first-order valence-electron chi connectivity index (χ1n) is 9.25. The Bertz CT molecular complexity index is 375. The number of aliphatic imine (C=N–C) groups is 1. The minimum Gasteiger partial charge on any atom is -0.450 e. The predicted molar refractivity (Wildman–Crippen MR) is 112 cm³/mol. The quantitative estimate of drug-likeness (QED) is 0.243. The monoisotopic (exact) mass is 470 g/mol. The summed E-state index contributed by atoms with van der Waals surface area (Å²) < 4.78 is 10.6. The molecule has 1 N–H and O–H groups in total. The molecule has 0 aromatic heterocycles. The lowest BCUT2D eigenvalue weighted by atomic mass is 10.3. The average Bonchev–Trinajstić information content (AvgIpc) is 2.60. The molecule has 0 aromatic carbocycles. The molecule has 0 radical (unpaired) electrons. The second kappa shape index (κ2) is 15.5. The fourth-order valence-electron chi connectivity index (χ4n) is 2.44. The van der Waals surface area contributed by atoms with E-state index in [1.807, 2.05) is 6.92 Å². The van der Waals surface area contributed by atoms with Gasteiger partial charge in [-0.15, -0.1) is 24.0 Å². The number of nitrogens with one attached hydrogen (secondary N) is 1. The second-order valence-electron chi connectivity index (χ2n) is 5.73. The molecule has 0 atom stereocenters. The molecule has 148 valence electrons. The van der Waals surface area contributed by atoms with Crippen LogP contribution in [0.15, 0.2) is 4.99 Å². The molecular formula is C17H35IN4O3. The number of rotatable bonds is 9. The molecule has 0 spiro atoms. The largest absolute Gasteiger partial charge is 0.450 e. The summed E-state index contributed by atoms with van der Waals surface area (Å²) in [6.45, 7) is 12.6.